The van der Waals surface area contributed by atoms with Crippen LogP contribution >= 0.6 is 23.2 Å². The van der Waals surface area contributed by atoms with E-state index >= 15 is 0 Å². The van der Waals surface area contributed by atoms with Gasteiger partial charge in [-0.1, -0.05) is 53.5 Å². The van der Waals surface area contributed by atoms with Gasteiger partial charge in [0.25, 0.3) is 0 Å². The van der Waals surface area contributed by atoms with Gasteiger partial charge < -0.3 is 5.73 Å². The van der Waals surface area contributed by atoms with Gasteiger partial charge in [-0.2, -0.15) is 0 Å². The first-order valence-corrected chi connectivity index (χ1v) is 6.53. The van der Waals surface area contributed by atoms with Crippen LogP contribution in [0.2, 0.25) is 10.0 Å². The molecule has 1 nitrogen and oxygen atoms in total. The van der Waals surface area contributed by atoms with Gasteiger partial charge in [0.2, 0.25) is 0 Å². The number of rotatable bonds is 3. The third-order valence-electron chi connectivity index (χ3n) is 3.00. The van der Waals surface area contributed by atoms with Gasteiger partial charge in [0.05, 0.1) is 0 Å². The summed E-state index contributed by atoms with van der Waals surface area (Å²) >= 11 is 12.2. The van der Waals surface area contributed by atoms with Gasteiger partial charge in [0, 0.05) is 15.6 Å². The minimum atomic E-state index is -0.463. The molecular formula is C15H15Cl2N. The maximum Gasteiger partial charge on any atom is 0.0439 e. The van der Waals surface area contributed by atoms with Crippen molar-refractivity contribution in [3.8, 4) is 0 Å². The highest BCUT2D eigenvalue weighted by Crippen LogP contribution is 2.28. The standard InChI is InChI=1S/C15H15Cl2N/c1-15(18,12-5-3-2-4-6-12)10-11-9-13(16)7-8-14(11)17/h2-9H,10,18H2,1H3. The van der Waals surface area contributed by atoms with E-state index in [9.17, 15) is 0 Å². The summed E-state index contributed by atoms with van der Waals surface area (Å²) in [6, 6.07) is 15.5. The summed E-state index contributed by atoms with van der Waals surface area (Å²) in [5, 5.41) is 1.38. The van der Waals surface area contributed by atoms with Gasteiger partial charge in [0.15, 0.2) is 0 Å². The summed E-state index contributed by atoms with van der Waals surface area (Å²) < 4.78 is 0. The molecule has 2 aromatic carbocycles. The highest BCUT2D eigenvalue weighted by atomic mass is 35.5. The Labute approximate surface area is 118 Å². The van der Waals surface area contributed by atoms with Crippen LogP contribution in [-0.4, -0.2) is 0 Å². The van der Waals surface area contributed by atoms with Crippen molar-refractivity contribution in [1.29, 1.82) is 0 Å². The van der Waals surface area contributed by atoms with Crippen LogP contribution < -0.4 is 5.73 Å². The third kappa shape index (κ3) is 3.05. The molecule has 0 heterocycles. The molecule has 18 heavy (non-hydrogen) atoms. The minimum Gasteiger partial charge on any atom is -0.321 e. The number of halogens is 2. The molecule has 0 fully saturated rings. The van der Waals surface area contributed by atoms with Crippen LogP contribution in [0.15, 0.2) is 48.5 Å². The summed E-state index contributed by atoms with van der Waals surface area (Å²) in [6.07, 6.45) is 0.649. The SMILES string of the molecule is CC(N)(Cc1cc(Cl)ccc1Cl)c1ccccc1. The summed E-state index contributed by atoms with van der Waals surface area (Å²) in [6.45, 7) is 2.00. The van der Waals surface area contributed by atoms with Crippen LogP contribution in [0.3, 0.4) is 0 Å². The van der Waals surface area contributed by atoms with E-state index in [2.05, 4.69) is 0 Å². The second-order valence-electron chi connectivity index (χ2n) is 4.70. The molecule has 0 saturated carbocycles. The molecule has 0 spiro atoms. The fourth-order valence-corrected chi connectivity index (χ4v) is 2.37. The fraction of sp³-hybridized carbons (Fsp3) is 0.200. The summed E-state index contributed by atoms with van der Waals surface area (Å²) in [5.74, 6) is 0. The normalized spacial score (nSPS) is 14.2. The lowest BCUT2D eigenvalue weighted by atomic mass is 9.87. The van der Waals surface area contributed by atoms with Gasteiger partial charge in [-0.15, -0.1) is 0 Å². The zero-order valence-corrected chi connectivity index (χ0v) is 11.7. The van der Waals surface area contributed by atoms with Gasteiger partial charge in [-0.3, -0.25) is 0 Å². The quantitative estimate of drug-likeness (QED) is 0.885. The lowest BCUT2D eigenvalue weighted by Gasteiger charge is -2.26. The van der Waals surface area contributed by atoms with Gasteiger partial charge in [0.1, 0.15) is 0 Å². The Hall–Kier alpha value is -1.02. The van der Waals surface area contributed by atoms with E-state index in [1.165, 1.54) is 0 Å². The second-order valence-corrected chi connectivity index (χ2v) is 5.54. The molecule has 3 heteroatoms. The number of nitrogens with two attached hydrogens (primary N) is 1. The van der Waals surface area contributed by atoms with Crippen LogP contribution in [0, 0.1) is 0 Å². The van der Waals surface area contributed by atoms with E-state index in [1.807, 2.05) is 43.3 Å². The molecule has 0 aliphatic rings. The van der Waals surface area contributed by atoms with Crippen molar-refractivity contribution < 1.29 is 0 Å². The van der Waals surface area contributed by atoms with E-state index in [0.29, 0.717) is 16.5 Å². The largest absolute Gasteiger partial charge is 0.321 e. The van der Waals surface area contributed by atoms with Crippen LogP contribution in [0.1, 0.15) is 18.1 Å². The molecule has 2 rings (SSSR count). The Bertz CT molecular complexity index is 535. The van der Waals surface area contributed by atoms with Crippen LogP contribution in [0.5, 0.6) is 0 Å². The van der Waals surface area contributed by atoms with Crippen molar-refractivity contribution in [3.63, 3.8) is 0 Å². The molecule has 1 unspecified atom stereocenters. The Kier molecular flexibility index (Phi) is 3.96. The Morgan fingerprint density at radius 2 is 1.72 bits per heavy atom. The number of benzene rings is 2. The molecule has 0 amide bonds. The summed E-state index contributed by atoms with van der Waals surface area (Å²) in [4.78, 5) is 0. The maximum atomic E-state index is 6.39. The molecule has 0 aromatic heterocycles. The minimum absolute atomic E-state index is 0.463. The molecule has 94 valence electrons. The van der Waals surface area contributed by atoms with E-state index in [4.69, 9.17) is 28.9 Å². The van der Waals surface area contributed by atoms with E-state index in [-0.39, 0.29) is 0 Å². The summed E-state index contributed by atoms with van der Waals surface area (Å²) in [5.41, 5.74) is 7.98. The van der Waals surface area contributed by atoms with E-state index < -0.39 is 5.54 Å². The van der Waals surface area contributed by atoms with Crippen molar-refractivity contribution in [2.24, 2.45) is 5.73 Å². The molecule has 1 atom stereocenters. The van der Waals surface area contributed by atoms with Crippen molar-refractivity contribution in [2.75, 3.05) is 0 Å². The number of hydrogen-bond donors (Lipinski definition) is 1. The molecule has 0 aliphatic heterocycles. The Morgan fingerprint density at radius 1 is 1.06 bits per heavy atom. The van der Waals surface area contributed by atoms with Crippen LogP contribution in [0.25, 0.3) is 0 Å². The molecule has 2 N–H and O–H groups in total. The highest BCUT2D eigenvalue weighted by Gasteiger charge is 2.22. The lowest BCUT2D eigenvalue weighted by Crippen LogP contribution is -2.35. The van der Waals surface area contributed by atoms with Crippen LogP contribution in [-0.2, 0) is 12.0 Å². The Balaban J connectivity index is 2.30. The first-order valence-electron chi connectivity index (χ1n) is 5.77. The second kappa shape index (κ2) is 5.31. The Morgan fingerprint density at radius 3 is 2.39 bits per heavy atom. The molecule has 0 bridgehead atoms. The highest BCUT2D eigenvalue weighted by molar-refractivity contribution is 6.33. The average Bonchev–Trinajstić information content (AvgIpc) is 2.35. The summed E-state index contributed by atoms with van der Waals surface area (Å²) in [7, 11) is 0. The predicted molar refractivity (Wildman–Crippen MR) is 78.1 cm³/mol. The monoisotopic (exact) mass is 279 g/mol. The smallest absolute Gasteiger partial charge is 0.0439 e. The lowest BCUT2D eigenvalue weighted by molar-refractivity contribution is 0.491. The zero-order chi connectivity index (χ0) is 13.2. The van der Waals surface area contributed by atoms with Gasteiger partial charge in [-0.25, -0.2) is 0 Å². The first-order chi connectivity index (χ1) is 8.49. The van der Waals surface area contributed by atoms with Crippen molar-refractivity contribution >= 4 is 23.2 Å². The number of hydrogen-bond acceptors (Lipinski definition) is 1. The topological polar surface area (TPSA) is 26.0 Å². The first kappa shape index (κ1) is 13.4. The molecule has 0 saturated heterocycles. The van der Waals surface area contributed by atoms with Crippen molar-refractivity contribution in [2.45, 2.75) is 18.9 Å². The van der Waals surface area contributed by atoms with E-state index in [1.54, 1.807) is 12.1 Å². The van der Waals surface area contributed by atoms with Gasteiger partial charge in [-0.05, 0) is 42.7 Å². The average molecular weight is 280 g/mol. The van der Waals surface area contributed by atoms with Crippen molar-refractivity contribution in [1.82, 2.24) is 0 Å². The maximum absolute atomic E-state index is 6.39. The fourth-order valence-electron chi connectivity index (χ4n) is 2.00. The van der Waals surface area contributed by atoms with Crippen LogP contribution in [0.4, 0.5) is 0 Å². The third-order valence-corrected chi connectivity index (χ3v) is 3.60. The zero-order valence-electron chi connectivity index (χ0n) is 10.2. The molecule has 0 aliphatic carbocycles. The van der Waals surface area contributed by atoms with Gasteiger partial charge >= 0.3 is 0 Å². The molecule has 2 aromatic rings. The predicted octanol–water partition coefficient (Wildman–Crippen LogP) is 4.41. The van der Waals surface area contributed by atoms with Crippen molar-refractivity contribution in [3.05, 3.63) is 69.7 Å². The molecule has 0 radical (unpaired) electrons. The molecular weight excluding hydrogens is 265 g/mol. The van der Waals surface area contributed by atoms with E-state index in [0.717, 1.165) is 11.1 Å².